The molecule has 7 heteroatoms. The molecule has 1 aromatic carbocycles. The van der Waals surface area contributed by atoms with E-state index in [2.05, 4.69) is 22.2 Å². The van der Waals surface area contributed by atoms with Crippen molar-refractivity contribution >= 4 is 11.7 Å². The van der Waals surface area contributed by atoms with E-state index >= 15 is 0 Å². The second kappa shape index (κ2) is 8.24. The van der Waals surface area contributed by atoms with Crippen LogP contribution < -0.4 is 10.1 Å². The number of nitrogens with zero attached hydrogens (tertiary/aromatic N) is 3. The summed E-state index contributed by atoms with van der Waals surface area (Å²) in [7, 11) is 1.64. The molecule has 0 saturated carbocycles. The van der Waals surface area contributed by atoms with Crippen LogP contribution in [0.2, 0.25) is 0 Å². The summed E-state index contributed by atoms with van der Waals surface area (Å²) in [6.07, 6.45) is 0.590. The predicted molar refractivity (Wildman–Crippen MR) is 102 cm³/mol. The van der Waals surface area contributed by atoms with E-state index in [0.29, 0.717) is 31.1 Å². The SMILES string of the molecule is C=C1CCC(OC(=O)NCC(C)C)c2nnn(Cc3ccc(OC)cc3)c21. The third kappa shape index (κ3) is 4.48. The molecular weight excluding hydrogens is 344 g/mol. The van der Waals surface area contributed by atoms with Gasteiger partial charge in [0.1, 0.15) is 17.5 Å². The molecule has 0 aliphatic heterocycles. The van der Waals surface area contributed by atoms with Gasteiger partial charge in [0.05, 0.1) is 19.3 Å². The number of hydrogen-bond donors (Lipinski definition) is 1. The van der Waals surface area contributed by atoms with Crippen molar-refractivity contribution < 1.29 is 14.3 Å². The summed E-state index contributed by atoms with van der Waals surface area (Å²) in [6, 6.07) is 7.81. The third-order valence-electron chi connectivity index (χ3n) is 4.50. The number of carbonyl (C=O) groups is 1. The third-order valence-corrected chi connectivity index (χ3v) is 4.50. The number of amides is 1. The van der Waals surface area contributed by atoms with Crippen LogP contribution in [0.5, 0.6) is 5.75 Å². The lowest BCUT2D eigenvalue weighted by Gasteiger charge is -2.23. The molecule has 1 atom stereocenters. The minimum absolute atomic E-state index is 0.365. The van der Waals surface area contributed by atoms with Crippen molar-refractivity contribution in [3.63, 3.8) is 0 Å². The molecule has 0 fully saturated rings. The molecule has 7 nitrogen and oxygen atoms in total. The first-order chi connectivity index (χ1) is 13.0. The van der Waals surface area contributed by atoms with Crippen LogP contribution in [-0.4, -0.2) is 34.7 Å². The van der Waals surface area contributed by atoms with Gasteiger partial charge in [-0.15, -0.1) is 5.10 Å². The van der Waals surface area contributed by atoms with E-state index in [0.717, 1.165) is 29.0 Å². The van der Waals surface area contributed by atoms with Gasteiger partial charge in [-0.2, -0.15) is 0 Å². The Kier molecular flexibility index (Phi) is 5.78. The largest absolute Gasteiger partial charge is 0.497 e. The van der Waals surface area contributed by atoms with Crippen LogP contribution in [0.4, 0.5) is 4.79 Å². The van der Waals surface area contributed by atoms with Gasteiger partial charge in [-0.1, -0.05) is 37.8 Å². The minimum Gasteiger partial charge on any atom is -0.497 e. The van der Waals surface area contributed by atoms with Crippen molar-refractivity contribution in [2.24, 2.45) is 5.92 Å². The fraction of sp³-hybridized carbons (Fsp3) is 0.450. The smallest absolute Gasteiger partial charge is 0.407 e. The number of fused-ring (bicyclic) bond motifs is 1. The second-order valence-corrected chi connectivity index (χ2v) is 7.14. The molecular formula is C20H26N4O3. The Hall–Kier alpha value is -2.83. The summed E-state index contributed by atoms with van der Waals surface area (Å²) < 4.78 is 12.6. The van der Waals surface area contributed by atoms with Crippen LogP contribution in [0.1, 0.15) is 49.7 Å². The molecule has 2 aromatic rings. The summed E-state index contributed by atoms with van der Waals surface area (Å²) in [5.74, 6) is 1.18. The number of rotatable bonds is 6. The van der Waals surface area contributed by atoms with Gasteiger partial charge in [0, 0.05) is 6.54 Å². The zero-order chi connectivity index (χ0) is 19.4. The van der Waals surface area contributed by atoms with E-state index in [9.17, 15) is 4.79 Å². The standard InChI is InChI=1S/C20H26N4O3/c1-13(2)11-21-20(25)27-17-10-5-14(3)19-18(17)22-23-24(19)12-15-6-8-16(26-4)9-7-15/h6-9,13,17H,3,5,10-12H2,1-2,4H3,(H,21,25). The molecule has 1 aliphatic rings. The van der Waals surface area contributed by atoms with E-state index in [1.807, 2.05) is 42.8 Å². The van der Waals surface area contributed by atoms with E-state index in [1.54, 1.807) is 7.11 Å². The Morgan fingerprint density at radius 2 is 2.11 bits per heavy atom. The van der Waals surface area contributed by atoms with Crippen molar-refractivity contribution in [3.05, 3.63) is 47.8 Å². The number of aromatic nitrogens is 3. The summed E-state index contributed by atoms with van der Waals surface area (Å²) in [6.45, 7) is 9.37. The summed E-state index contributed by atoms with van der Waals surface area (Å²) in [5, 5.41) is 11.3. The molecule has 0 bridgehead atoms. The molecule has 0 saturated heterocycles. The van der Waals surface area contributed by atoms with E-state index in [-0.39, 0.29) is 0 Å². The molecule has 144 valence electrons. The van der Waals surface area contributed by atoms with E-state index in [1.165, 1.54) is 0 Å². The van der Waals surface area contributed by atoms with Gasteiger partial charge in [0.15, 0.2) is 0 Å². The van der Waals surface area contributed by atoms with E-state index in [4.69, 9.17) is 9.47 Å². The lowest BCUT2D eigenvalue weighted by molar-refractivity contribution is 0.0883. The molecule has 27 heavy (non-hydrogen) atoms. The Labute approximate surface area is 159 Å². The average molecular weight is 370 g/mol. The molecule has 0 spiro atoms. The maximum absolute atomic E-state index is 12.0. The predicted octanol–water partition coefficient (Wildman–Crippen LogP) is 3.57. The van der Waals surface area contributed by atoms with Crippen LogP contribution in [0.25, 0.3) is 5.57 Å². The number of nitrogens with one attached hydrogen (secondary N) is 1. The van der Waals surface area contributed by atoms with Crippen LogP contribution >= 0.6 is 0 Å². The van der Waals surface area contributed by atoms with Crippen molar-refractivity contribution in [2.75, 3.05) is 13.7 Å². The number of ether oxygens (including phenoxy) is 2. The van der Waals surface area contributed by atoms with Gasteiger partial charge < -0.3 is 14.8 Å². The molecule has 1 heterocycles. The highest BCUT2D eigenvalue weighted by molar-refractivity contribution is 5.69. The second-order valence-electron chi connectivity index (χ2n) is 7.14. The summed E-state index contributed by atoms with van der Waals surface area (Å²) in [5.41, 5.74) is 3.58. The summed E-state index contributed by atoms with van der Waals surface area (Å²) >= 11 is 0. The molecule has 1 N–H and O–H groups in total. The minimum atomic E-state index is -0.420. The van der Waals surface area contributed by atoms with Crippen molar-refractivity contribution in [1.29, 1.82) is 0 Å². The van der Waals surface area contributed by atoms with E-state index < -0.39 is 12.2 Å². The topological polar surface area (TPSA) is 78.3 Å². The van der Waals surface area contributed by atoms with Crippen LogP contribution in [0.3, 0.4) is 0 Å². The van der Waals surface area contributed by atoms with Crippen LogP contribution in [-0.2, 0) is 11.3 Å². The number of hydrogen-bond acceptors (Lipinski definition) is 5. The van der Waals surface area contributed by atoms with Crippen molar-refractivity contribution in [1.82, 2.24) is 20.3 Å². The number of alkyl carbamates (subject to hydrolysis) is 1. The zero-order valence-corrected chi connectivity index (χ0v) is 16.1. The molecule has 3 rings (SSSR count). The number of allylic oxidation sites excluding steroid dienone is 1. The summed E-state index contributed by atoms with van der Waals surface area (Å²) in [4.78, 5) is 12.0. The fourth-order valence-corrected chi connectivity index (χ4v) is 3.06. The Morgan fingerprint density at radius 3 is 2.78 bits per heavy atom. The highest BCUT2D eigenvalue weighted by atomic mass is 16.6. The van der Waals surface area contributed by atoms with Gasteiger partial charge in [0.25, 0.3) is 0 Å². The molecule has 1 aromatic heterocycles. The van der Waals surface area contributed by atoms with Crippen molar-refractivity contribution in [3.8, 4) is 5.75 Å². The first kappa shape index (κ1) is 18.9. The lowest BCUT2D eigenvalue weighted by atomic mass is 9.94. The van der Waals surface area contributed by atoms with Gasteiger partial charge >= 0.3 is 6.09 Å². The normalized spacial score (nSPS) is 16.1. The number of carbonyl (C=O) groups excluding carboxylic acids is 1. The average Bonchev–Trinajstić information content (AvgIpc) is 3.08. The van der Waals surface area contributed by atoms with Crippen LogP contribution in [0.15, 0.2) is 30.8 Å². The first-order valence-corrected chi connectivity index (χ1v) is 9.17. The maximum atomic E-state index is 12.0. The van der Waals surface area contributed by atoms with Gasteiger partial charge in [0.2, 0.25) is 0 Å². The highest BCUT2D eigenvalue weighted by Gasteiger charge is 2.31. The first-order valence-electron chi connectivity index (χ1n) is 9.17. The molecule has 1 aliphatic carbocycles. The molecule has 0 radical (unpaired) electrons. The van der Waals surface area contributed by atoms with Gasteiger partial charge in [-0.25, -0.2) is 9.48 Å². The lowest BCUT2D eigenvalue weighted by Crippen LogP contribution is -2.30. The maximum Gasteiger partial charge on any atom is 0.407 e. The van der Waals surface area contributed by atoms with Crippen LogP contribution in [0, 0.1) is 5.92 Å². The monoisotopic (exact) mass is 370 g/mol. The van der Waals surface area contributed by atoms with Crippen molar-refractivity contribution in [2.45, 2.75) is 39.3 Å². The zero-order valence-electron chi connectivity index (χ0n) is 16.1. The Morgan fingerprint density at radius 1 is 1.37 bits per heavy atom. The van der Waals surface area contributed by atoms with Gasteiger partial charge in [-0.3, -0.25) is 0 Å². The Bertz CT molecular complexity index is 811. The fourth-order valence-electron chi connectivity index (χ4n) is 3.06. The quantitative estimate of drug-likeness (QED) is 0.841. The number of methoxy groups -OCH3 is 1. The number of benzene rings is 1. The molecule has 1 amide bonds. The highest BCUT2D eigenvalue weighted by Crippen LogP contribution is 2.37. The van der Waals surface area contributed by atoms with Gasteiger partial charge in [-0.05, 0) is 42.0 Å². The Balaban J connectivity index is 1.75. The molecule has 1 unspecified atom stereocenters.